The van der Waals surface area contributed by atoms with Crippen molar-refractivity contribution >= 4 is 28.9 Å². The number of anilines is 1. The molecule has 0 aliphatic heterocycles. The largest absolute Gasteiger partial charge is 0.469 e. The summed E-state index contributed by atoms with van der Waals surface area (Å²) >= 11 is 5.17. The van der Waals surface area contributed by atoms with Gasteiger partial charge in [0.05, 0.1) is 11.8 Å². The van der Waals surface area contributed by atoms with Crippen molar-refractivity contribution in [2.45, 2.75) is 39.5 Å². The summed E-state index contributed by atoms with van der Waals surface area (Å²) in [5, 5.41) is 5.94. The van der Waals surface area contributed by atoms with Gasteiger partial charge in [-0.1, -0.05) is 31.9 Å². The number of aryl methyl sites for hydroxylation is 2. The molecule has 0 unspecified atom stereocenters. The normalized spacial score (nSPS) is 10.3. The molecule has 0 fully saturated rings. The minimum absolute atomic E-state index is 0.273. The molecule has 4 nitrogen and oxygen atoms in total. The molecule has 0 radical (unpaired) electrons. The van der Waals surface area contributed by atoms with Crippen molar-refractivity contribution in [3.8, 4) is 0 Å². The molecule has 0 aliphatic rings. The molecule has 122 valence electrons. The third-order valence-corrected chi connectivity index (χ3v) is 3.82. The van der Waals surface area contributed by atoms with E-state index in [-0.39, 0.29) is 11.0 Å². The van der Waals surface area contributed by atoms with E-state index < -0.39 is 0 Å². The maximum atomic E-state index is 12.0. The topological polar surface area (TPSA) is 54.3 Å². The number of furan rings is 1. The Bertz CT molecular complexity index is 662. The van der Waals surface area contributed by atoms with Crippen LogP contribution in [0.3, 0.4) is 0 Å². The van der Waals surface area contributed by atoms with Crippen LogP contribution < -0.4 is 10.6 Å². The minimum atomic E-state index is -0.273. The number of rotatable bonds is 6. The molecule has 2 rings (SSSR count). The number of hydrogen-bond donors (Lipinski definition) is 2. The highest BCUT2D eigenvalue weighted by Gasteiger charge is 2.12. The van der Waals surface area contributed by atoms with E-state index in [9.17, 15) is 4.79 Å². The Hall–Kier alpha value is -2.14. The Morgan fingerprint density at radius 3 is 2.52 bits per heavy atom. The van der Waals surface area contributed by atoms with Gasteiger partial charge in [-0.3, -0.25) is 10.1 Å². The van der Waals surface area contributed by atoms with Gasteiger partial charge in [0.15, 0.2) is 5.11 Å². The maximum Gasteiger partial charge on any atom is 0.260 e. The van der Waals surface area contributed by atoms with E-state index in [1.165, 1.54) is 31.1 Å². The molecule has 0 bridgehead atoms. The number of nitrogens with one attached hydrogen (secondary N) is 2. The Balaban J connectivity index is 1.85. The first-order chi connectivity index (χ1) is 11.1. The van der Waals surface area contributed by atoms with E-state index >= 15 is 0 Å². The van der Waals surface area contributed by atoms with Gasteiger partial charge in [-0.25, -0.2) is 0 Å². The summed E-state index contributed by atoms with van der Waals surface area (Å²) in [5.74, 6) is 0.298. The van der Waals surface area contributed by atoms with Crippen molar-refractivity contribution in [2.75, 3.05) is 5.32 Å². The van der Waals surface area contributed by atoms with Crippen molar-refractivity contribution in [3.05, 3.63) is 53.5 Å². The molecule has 0 spiro atoms. The molecule has 2 N–H and O–H groups in total. The molecule has 1 aromatic heterocycles. The summed E-state index contributed by atoms with van der Waals surface area (Å²) in [6, 6.07) is 9.75. The lowest BCUT2D eigenvalue weighted by Gasteiger charge is -2.10. The first-order valence-electron chi connectivity index (χ1n) is 7.85. The molecule has 5 heteroatoms. The van der Waals surface area contributed by atoms with E-state index in [4.69, 9.17) is 16.6 Å². The van der Waals surface area contributed by atoms with Gasteiger partial charge in [0.25, 0.3) is 5.91 Å². The number of unbranched alkanes of at least 4 members (excludes halogenated alkanes) is 2. The van der Waals surface area contributed by atoms with Crippen LogP contribution in [0.1, 0.15) is 47.9 Å². The van der Waals surface area contributed by atoms with Crippen LogP contribution in [0.2, 0.25) is 0 Å². The lowest BCUT2D eigenvalue weighted by molar-refractivity contribution is 0.0976. The van der Waals surface area contributed by atoms with Gasteiger partial charge in [0.2, 0.25) is 0 Å². The third-order valence-electron chi connectivity index (χ3n) is 3.61. The first kappa shape index (κ1) is 17.2. The highest BCUT2D eigenvalue weighted by atomic mass is 32.1. The quantitative estimate of drug-likeness (QED) is 0.607. The molecule has 2 aromatic rings. The fraction of sp³-hybridized carbons (Fsp3) is 0.333. The summed E-state index contributed by atoms with van der Waals surface area (Å²) in [6.07, 6.45) is 6.27. The second-order valence-corrected chi connectivity index (χ2v) is 5.86. The predicted molar refractivity (Wildman–Crippen MR) is 96.8 cm³/mol. The molecule has 1 aromatic carbocycles. The molecule has 0 saturated heterocycles. The molecule has 0 atom stereocenters. The Morgan fingerprint density at radius 2 is 1.91 bits per heavy atom. The van der Waals surface area contributed by atoms with Crippen LogP contribution in [-0.2, 0) is 6.42 Å². The lowest BCUT2D eigenvalue weighted by Crippen LogP contribution is -2.34. The van der Waals surface area contributed by atoms with E-state index in [1.54, 1.807) is 13.0 Å². The smallest absolute Gasteiger partial charge is 0.260 e. The number of carbonyl (C=O) groups is 1. The fourth-order valence-corrected chi connectivity index (χ4v) is 2.50. The average Bonchev–Trinajstić information content (AvgIpc) is 2.95. The highest BCUT2D eigenvalue weighted by molar-refractivity contribution is 7.80. The minimum Gasteiger partial charge on any atom is -0.469 e. The summed E-state index contributed by atoms with van der Waals surface area (Å²) in [7, 11) is 0. The van der Waals surface area contributed by atoms with Gasteiger partial charge in [-0.15, -0.1) is 0 Å². The summed E-state index contributed by atoms with van der Waals surface area (Å²) in [6.45, 7) is 3.94. The van der Waals surface area contributed by atoms with Crippen molar-refractivity contribution in [2.24, 2.45) is 0 Å². The zero-order chi connectivity index (χ0) is 16.7. The zero-order valence-corrected chi connectivity index (χ0v) is 14.3. The van der Waals surface area contributed by atoms with Crippen molar-refractivity contribution in [1.82, 2.24) is 5.32 Å². The maximum absolute atomic E-state index is 12.0. The number of hydrogen-bond acceptors (Lipinski definition) is 3. The van der Waals surface area contributed by atoms with Crippen LogP contribution >= 0.6 is 12.2 Å². The zero-order valence-electron chi connectivity index (χ0n) is 13.5. The molecule has 0 aliphatic carbocycles. The standard InChI is InChI=1S/C18H22N2O2S/c1-3-4-5-6-14-7-9-15(10-8-14)19-18(23)20-17(21)16-11-12-22-13(16)2/h7-12H,3-6H2,1-2H3,(H2,19,20,21,23). The molecule has 1 heterocycles. The van der Waals surface area contributed by atoms with E-state index in [0.717, 1.165) is 12.1 Å². The number of benzene rings is 1. The van der Waals surface area contributed by atoms with Gasteiger partial charge in [0.1, 0.15) is 5.76 Å². The highest BCUT2D eigenvalue weighted by Crippen LogP contribution is 2.13. The number of amides is 1. The van der Waals surface area contributed by atoms with E-state index in [1.807, 2.05) is 12.1 Å². The Labute approximate surface area is 142 Å². The van der Waals surface area contributed by atoms with E-state index in [2.05, 4.69) is 29.7 Å². The third kappa shape index (κ3) is 5.21. The SMILES string of the molecule is CCCCCc1ccc(NC(=S)NC(=O)c2ccoc2C)cc1. The Kier molecular flexibility index (Phi) is 6.35. The second-order valence-electron chi connectivity index (χ2n) is 5.45. The van der Waals surface area contributed by atoms with Crippen LogP contribution in [0.15, 0.2) is 41.0 Å². The van der Waals surface area contributed by atoms with Crippen LogP contribution in [0.4, 0.5) is 5.69 Å². The summed E-state index contributed by atoms with van der Waals surface area (Å²) in [5.41, 5.74) is 2.66. The van der Waals surface area contributed by atoms with Gasteiger partial charge in [-0.2, -0.15) is 0 Å². The molecule has 0 saturated carbocycles. The predicted octanol–water partition coefficient (Wildman–Crippen LogP) is 4.45. The van der Waals surface area contributed by atoms with Crippen LogP contribution in [-0.4, -0.2) is 11.0 Å². The molecule has 23 heavy (non-hydrogen) atoms. The first-order valence-corrected chi connectivity index (χ1v) is 8.26. The van der Waals surface area contributed by atoms with Crippen LogP contribution in [0, 0.1) is 6.92 Å². The monoisotopic (exact) mass is 330 g/mol. The van der Waals surface area contributed by atoms with Crippen LogP contribution in [0.25, 0.3) is 0 Å². The van der Waals surface area contributed by atoms with Crippen molar-refractivity contribution in [1.29, 1.82) is 0 Å². The second kappa shape index (κ2) is 8.48. The molecule has 1 amide bonds. The lowest BCUT2D eigenvalue weighted by atomic mass is 10.1. The number of thiocarbonyl (C=S) groups is 1. The fourth-order valence-electron chi connectivity index (χ4n) is 2.29. The van der Waals surface area contributed by atoms with Gasteiger partial charge in [0, 0.05) is 5.69 Å². The van der Waals surface area contributed by atoms with Gasteiger partial charge in [-0.05, 0) is 55.7 Å². The van der Waals surface area contributed by atoms with Gasteiger partial charge < -0.3 is 9.73 Å². The van der Waals surface area contributed by atoms with Crippen LogP contribution in [0.5, 0.6) is 0 Å². The van der Waals surface area contributed by atoms with Crippen molar-refractivity contribution in [3.63, 3.8) is 0 Å². The molecular weight excluding hydrogens is 308 g/mol. The van der Waals surface area contributed by atoms with E-state index in [0.29, 0.717) is 11.3 Å². The summed E-state index contributed by atoms with van der Waals surface area (Å²) < 4.78 is 5.11. The average molecular weight is 330 g/mol. The summed E-state index contributed by atoms with van der Waals surface area (Å²) in [4.78, 5) is 12.0. The van der Waals surface area contributed by atoms with Gasteiger partial charge >= 0.3 is 0 Å². The Morgan fingerprint density at radius 1 is 1.17 bits per heavy atom. The number of carbonyl (C=O) groups excluding carboxylic acids is 1. The molecular formula is C18H22N2O2S. The van der Waals surface area contributed by atoms with Crippen molar-refractivity contribution < 1.29 is 9.21 Å².